The molecule has 0 saturated carbocycles. The Balaban J connectivity index is 2.97. The van der Waals surface area contributed by atoms with Crippen LogP contribution in [0, 0.1) is 0 Å². The molecule has 3 nitrogen and oxygen atoms in total. The Hall–Kier alpha value is -0.120. The van der Waals surface area contributed by atoms with Crippen LogP contribution >= 0.6 is 0 Å². The predicted octanol–water partition coefficient (Wildman–Crippen LogP) is -0.00670. The molecular formula is C7H17NO2. The Morgan fingerprint density at radius 3 is 2.80 bits per heavy atom. The number of hydrogen-bond acceptors (Lipinski definition) is 3. The number of nitrogens with one attached hydrogen (secondary N) is 1. The summed E-state index contributed by atoms with van der Waals surface area (Å²) in [6.07, 6.45) is 0.814. The lowest BCUT2D eigenvalue weighted by atomic mass is 10.3. The topological polar surface area (TPSA) is 41.5 Å². The van der Waals surface area contributed by atoms with Crippen molar-refractivity contribution in [1.29, 1.82) is 0 Å². The highest BCUT2D eigenvalue weighted by atomic mass is 16.5. The molecule has 0 saturated heterocycles. The molecule has 0 radical (unpaired) electrons. The highest BCUT2D eigenvalue weighted by Gasteiger charge is 1.97. The second-order valence-electron chi connectivity index (χ2n) is 2.39. The number of rotatable bonds is 6. The Kier molecular flexibility index (Phi) is 6.91. The monoisotopic (exact) mass is 147 g/mol. The first kappa shape index (κ1) is 9.88. The molecule has 0 aromatic carbocycles. The van der Waals surface area contributed by atoms with Crippen LogP contribution in [0.25, 0.3) is 0 Å². The molecule has 3 heteroatoms. The summed E-state index contributed by atoms with van der Waals surface area (Å²) in [6.45, 7) is 3.90. The molecule has 0 heterocycles. The van der Waals surface area contributed by atoms with Crippen molar-refractivity contribution in [3.63, 3.8) is 0 Å². The van der Waals surface area contributed by atoms with Gasteiger partial charge in [0.2, 0.25) is 0 Å². The van der Waals surface area contributed by atoms with Crippen LogP contribution in [0.4, 0.5) is 0 Å². The van der Waals surface area contributed by atoms with E-state index >= 15 is 0 Å². The highest BCUT2D eigenvalue weighted by Crippen LogP contribution is 1.82. The number of methoxy groups -OCH3 is 1. The smallest absolute Gasteiger partial charge is 0.0613 e. The Labute approximate surface area is 62.4 Å². The SMILES string of the molecule is COCC(C)NCCCO. The normalized spacial score (nSPS) is 13.5. The molecule has 0 aliphatic heterocycles. The van der Waals surface area contributed by atoms with Crippen LogP contribution in [-0.2, 0) is 4.74 Å². The minimum absolute atomic E-state index is 0.257. The molecule has 2 N–H and O–H groups in total. The van der Waals surface area contributed by atoms with E-state index < -0.39 is 0 Å². The van der Waals surface area contributed by atoms with Crippen LogP contribution in [-0.4, -0.2) is 38.0 Å². The average Bonchev–Trinajstić information content (AvgIpc) is 1.89. The van der Waals surface area contributed by atoms with Crippen LogP contribution in [0.3, 0.4) is 0 Å². The molecule has 1 unspecified atom stereocenters. The van der Waals surface area contributed by atoms with Gasteiger partial charge >= 0.3 is 0 Å². The van der Waals surface area contributed by atoms with E-state index in [1.165, 1.54) is 0 Å². The summed E-state index contributed by atoms with van der Waals surface area (Å²) in [7, 11) is 1.68. The third-order valence-corrected chi connectivity index (χ3v) is 1.24. The largest absolute Gasteiger partial charge is 0.396 e. The third-order valence-electron chi connectivity index (χ3n) is 1.24. The standard InChI is InChI=1S/C7H17NO2/c1-7(6-10-2)8-4-3-5-9/h7-9H,3-6H2,1-2H3. The molecule has 1 atom stereocenters. The summed E-state index contributed by atoms with van der Waals surface area (Å²) in [5, 5.41) is 11.6. The molecule has 0 aromatic rings. The van der Waals surface area contributed by atoms with E-state index in [0.29, 0.717) is 6.04 Å². The maximum Gasteiger partial charge on any atom is 0.0613 e. The van der Waals surface area contributed by atoms with E-state index in [4.69, 9.17) is 9.84 Å². The van der Waals surface area contributed by atoms with E-state index in [1.807, 2.05) is 0 Å². The summed E-state index contributed by atoms with van der Waals surface area (Å²) in [5.74, 6) is 0. The Morgan fingerprint density at radius 1 is 1.60 bits per heavy atom. The average molecular weight is 147 g/mol. The second-order valence-corrected chi connectivity index (χ2v) is 2.39. The molecule has 0 aliphatic carbocycles. The Morgan fingerprint density at radius 2 is 2.30 bits per heavy atom. The first-order chi connectivity index (χ1) is 4.81. The van der Waals surface area contributed by atoms with E-state index in [-0.39, 0.29) is 6.61 Å². The van der Waals surface area contributed by atoms with Crippen molar-refractivity contribution in [2.24, 2.45) is 0 Å². The zero-order valence-corrected chi connectivity index (χ0v) is 6.76. The van der Waals surface area contributed by atoms with E-state index in [9.17, 15) is 0 Å². The first-order valence-corrected chi connectivity index (χ1v) is 3.64. The molecule has 0 bridgehead atoms. The van der Waals surface area contributed by atoms with Gasteiger partial charge in [-0.15, -0.1) is 0 Å². The van der Waals surface area contributed by atoms with Gasteiger partial charge < -0.3 is 15.2 Å². The summed E-state index contributed by atoms with van der Waals surface area (Å²) >= 11 is 0. The number of ether oxygens (including phenoxy) is 1. The van der Waals surface area contributed by atoms with Crippen LogP contribution in [0.5, 0.6) is 0 Å². The quantitative estimate of drug-likeness (QED) is 0.519. The molecular weight excluding hydrogens is 130 g/mol. The molecule has 0 rings (SSSR count). The van der Waals surface area contributed by atoms with Gasteiger partial charge in [0.15, 0.2) is 0 Å². The summed E-state index contributed by atoms with van der Waals surface area (Å²) in [5.41, 5.74) is 0. The van der Waals surface area contributed by atoms with Crippen LogP contribution in [0.15, 0.2) is 0 Å². The highest BCUT2D eigenvalue weighted by molar-refractivity contribution is 4.57. The lowest BCUT2D eigenvalue weighted by molar-refractivity contribution is 0.170. The second kappa shape index (κ2) is 6.99. The van der Waals surface area contributed by atoms with E-state index in [2.05, 4.69) is 12.2 Å². The maximum absolute atomic E-state index is 8.44. The van der Waals surface area contributed by atoms with Crippen molar-refractivity contribution in [2.45, 2.75) is 19.4 Å². The zero-order valence-electron chi connectivity index (χ0n) is 6.76. The Bertz CT molecular complexity index is 68.6. The number of aliphatic hydroxyl groups is 1. The molecule has 0 aromatic heterocycles. The van der Waals surface area contributed by atoms with Gasteiger partial charge in [0.25, 0.3) is 0 Å². The van der Waals surface area contributed by atoms with Crippen molar-refractivity contribution in [3.8, 4) is 0 Å². The van der Waals surface area contributed by atoms with Crippen molar-refractivity contribution in [1.82, 2.24) is 5.32 Å². The fourth-order valence-electron chi connectivity index (χ4n) is 0.736. The van der Waals surface area contributed by atoms with E-state index in [0.717, 1.165) is 19.6 Å². The minimum atomic E-state index is 0.257. The van der Waals surface area contributed by atoms with Crippen molar-refractivity contribution < 1.29 is 9.84 Å². The summed E-state index contributed by atoms with van der Waals surface area (Å²) in [4.78, 5) is 0. The van der Waals surface area contributed by atoms with Gasteiger partial charge in [0, 0.05) is 19.8 Å². The molecule has 0 amide bonds. The van der Waals surface area contributed by atoms with Gasteiger partial charge in [-0.25, -0.2) is 0 Å². The van der Waals surface area contributed by atoms with Gasteiger partial charge in [0.05, 0.1) is 6.61 Å². The van der Waals surface area contributed by atoms with Gasteiger partial charge in [-0.3, -0.25) is 0 Å². The van der Waals surface area contributed by atoms with Crippen LogP contribution < -0.4 is 5.32 Å². The fraction of sp³-hybridized carbons (Fsp3) is 1.00. The molecule has 0 aliphatic rings. The lowest BCUT2D eigenvalue weighted by Crippen LogP contribution is -2.31. The van der Waals surface area contributed by atoms with Crippen molar-refractivity contribution >= 4 is 0 Å². The van der Waals surface area contributed by atoms with Crippen LogP contribution in [0.1, 0.15) is 13.3 Å². The van der Waals surface area contributed by atoms with Crippen molar-refractivity contribution in [2.75, 3.05) is 26.9 Å². The summed E-state index contributed by atoms with van der Waals surface area (Å²) in [6, 6.07) is 0.386. The molecule has 10 heavy (non-hydrogen) atoms. The molecule has 62 valence electrons. The predicted molar refractivity (Wildman–Crippen MR) is 41.0 cm³/mol. The fourth-order valence-corrected chi connectivity index (χ4v) is 0.736. The lowest BCUT2D eigenvalue weighted by Gasteiger charge is -2.11. The molecule has 0 fully saturated rings. The van der Waals surface area contributed by atoms with Gasteiger partial charge in [-0.05, 0) is 19.9 Å². The number of hydrogen-bond donors (Lipinski definition) is 2. The van der Waals surface area contributed by atoms with Crippen LogP contribution in [0.2, 0.25) is 0 Å². The van der Waals surface area contributed by atoms with Gasteiger partial charge in [0.1, 0.15) is 0 Å². The minimum Gasteiger partial charge on any atom is -0.396 e. The summed E-state index contributed by atoms with van der Waals surface area (Å²) < 4.78 is 4.91. The number of aliphatic hydroxyl groups excluding tert-OH is 1. The third kappa shape index (κ3) is 6.01. The van der Waals surface area contributed by atoms with Crippen molar-refractivity contribution in [3.05, 3.63) is 0 Å². The van der Waals surface area contributed by atoms with E-state index in [1.54, 1.807) is 7.11 Å². The molecule has 0 spiro atoms. The van der Waals surface area contributed by atoms with Gasteiger partial charge in [-0.2, -0.15) is 0 Å². The maximum atomic E-state index is 8.44. The zero-order chi connectivity index (χ0) is 7.82. The first-order valence-electron chi connectivity index (χ1n) is 3.64. The van der Waals surface area contributed by atoms with Gasteiger partial charge in [-0.1, -0.05) is 0 Å².